The molecule has 0 bridgehead atoms. The first-order valence-corrected chi connectivity index (χ1v) is 8.50. The SMILES string of the molecule is CCCOCCOCCOCCn1nc(-c2ccccn2)cc1C. The van der Waals surface area contributed by atoms with E-state index in [-0.39, 0.29) is 0 Å². The van der Waals surface area contributed by atoms with Gasteiger partial charge >= 0.3 is 0 Å². The highest BCUT2D eigenvalue weighted by Crippen LogP contribution is 2.15. The number of hydrogen-bond acceptors (Lipinski definition) is 5. The van der Waals surface area contributed by atoms with Crippen molar-refractivity contribution in [1.82, 2.24) is 14.8 Å². The minimum absolute atomic E-state index is 0.585. The molecule has 0 amide bonds. The van der Waals surface area contributed by atoms with Crippen molar-refractivity contribution in [2.24, 2.45) is 0 Å². The van der Waals surface area contributed by atoms with E-state index in [4.69, 9.17) is 14.2 Å². The molecule has 0 atom stereocenters. The zero-order chi connectivity index (χ0) is 17.0. The van der Waals surface area contributed by atoms with E-state index in [9.17, 15) is 0 Å². The minimum Gasteiger partial charge on any atom is -0.379 e. The van der Waals surface area contributed by atoms with Gasteiger partial charge in [-0.1, -0.05) is 13.0 Å². The summed E-state index contributed by atoms with van der Waals surface area (Å²) in [6.07, 6.45) is 2.82. The summed E-state index contributed by atoms with van der Waals surface area (Å²) >= 11 is 0. The van der Waals surface area contributed by atoms with Crippen molar-refractivity contribution in [2.45, 2.75) is 26.8 Å². The normalized spacial score (nSPS) is 11.1. The molecule has 0 saturated heterocycles. The Balaban J connectivity index is 1.60. The van der Waals surface area contributed by atoms with Gasteiger partial charge in [-0.05, 0) is 31.5 Å². The average Bonchev–Trinajstić information content (AvgIpc) is 2.98. The maximum absolute atomic E-state index is 5.59. The fraction of sp³-hybridized carbons (Fsp3) is 0.556. The van der Waals surface area contributed by atoms with Crippen LogP contribution in [-0.4, -0.2) is 54.4 Å². The van der Waals surface area contributed by atoms with Crippen LogP contribution in [0.3, 0.4) is 0 Å². The molecular weight excluding hydrogens is 306 g/mol. The van der Waals surface area contributed by atoms with Gasteiger partial charge in [-0.15, -0.1) is 0 Å². The Hall–Kier alpha value is -1.76. The van der Waals surface area contributed by atoms with E-state index in [0.717, 1.165) is 36.7 Å². The van der Waals surface area contributed by atoms with E-state index >= 15 is 0 Å². The average molecular weight is 333 g/mol. The Morgan fingerprint density at radius 3 is 2.29 bits per heavy atom. The molecule has 6 nitrogen and oxygen atoms in total. The lowest BCUT2D eigenvalue weighted by atomic mass is 10.2. The van der Waals surface area contributed by atoms with E-state index < -0.39 is 0 Å². The smallest absolute Gasteiger partial charge is 0.111 e. The topological polar surface area (TPSA) is 58.4 Å². The van der Waals surface area contributed by atoms with Crippen LogP contribution in [0.2, 0.25) is 0 Å². The Morgan fingerprint density at radius 2 is 1.62 bits per heavy atom. The lowest BCUT2D eigenvalue weighted by molar-refractivity contribution is 0.0128. The molecule has 6 heteroatoms. The van der Waals surface area contributed by atoms with Crippen LogP contribution in [0.5, 0.6) is 0 Å². The number of pyridine rings is 1. The van der Waals surface area contributed by atoms with E-state index in [2.05, 4.69) is 17.0 Å². The zero-order valence-corrected chi connectivity index (χ0v) is 14.6. The highest BCUT2D eigenvalue weighted by Gasteiger charge is 2.06. The second-order valence-corrected chi connectivity index (χ2v) is 5.45. The molecule has 2 aromatic heterocycles. The Labute approximate surface area is 143 Å². The fourth-order valence-corrected chi connectivity index (χ4v) is 2.21. The Kier molecular flexibility index (Phi) is 8.45. The number of nitrogens with zero attached hydrogens (tertiary/aromatic N) is 3. The summed E-state index contributed by atoms with van der Waals surface area (Å²) in [5.74, 6) is 0. The van der Waals surface area contributed by atoms with Gasteiger partial charge in [0.2, 0.25) is 0 Å². The van der Waals surface area contributed by atoms with Gasteiger partial charge in [-0.2, -0.15) is 5.10 Å². The van der Waals surface area contributed by atoms with Crippen molar-refractivity contribution in [3.8, 4) is 11.4 Å². The second kappa shape index (κ2) is 10.9. The van der Waals surface area contributed by atoms with Gasteiger partial charge in [0, 0.05) is 18.5 Å². The summed E-state index contributed by atoms with van der Waals surface area (Å²) in [6.45, 7) is 8.70. The Bertz CT molecular complexity index is 572. The molecule has 0 unspecified atom stereocenters. The van der Waals surface area contributed by atoms with Crippen LogP contribution in [0.1, 0.15) is 19.0 Å². The van der Waals surface area contributed by atoms with Crippen molar-refractivity contribution in [2.75, 3.05) is 39.6 Å². The number of rotatable bonds is 12. The molecule has 0 N–H and O–H groups in total. The van der Waals surface area contributed by atoms with Gasteiger partial charge in [-0.3, -0.25) is 9.67 Å². The molecule has 0 aliphatic rings. The first-order chi connectivity index (χ1) is 11.8. The van der Waals surface area contributed by atoms with Crippen molar-refractivity contribution >= 4 is 0 Å². The van der Waals surface area contributed by atoms with Crippen molar-refractivity contribution in [3.63, 3.8) is 0 Å². The first kappa shape index (κ1) is 18.6. The predicted octanol–water partition coefficient (Wildman–Crippen LogP) is 2.71. The van der Waals surface area contributed by atoms with Crippen LogP contribution in [-0.2, 0) is 20.8 Å². The third-order valence-corrected chi connectivity index (χ3v) is 3.45. The van der Waals surface area contributed by atoms with Crippen molar-refractivity contribution in [3.05, 3.63) is 36.2 Å². The number of hydrogen-bond donors (Lipinski definition) is 0. The lowest BCUT2D eigenvalue weighted by Crippen LogP contribution is -2.13. The van der Waals surface area contributed by atoms with Crippen molar-refractivity contribution in [1.29, 1.82) is 0 Å². The van der Waals surface area contributed by atoms with Crippen LogP contribution >= 0.6 is 0 Å². The predicted molar refractivity (Wildman–Crippen MR) is 92.9 cm³/mol. The number of aromatic nitrogens is 3. The first-order valence-electron chi connectivity index (χ1n) is 8.50. The molecule has 0 aliphatic carbocycles. The molecule has 0 radical (unpaired) electrons. The summed E-state index contributed by atoms with van der Waals surface area (Å²) in [4.78, 5) is 4.33. The molecule has 0 fully saturated rings. The third kappa shape index (κ3) is 6.39. The fourth-order valence-electron chi connectivity index (χ4n) is 2.21. The maximum Gasteiger partial charge on any atom is 0.111 e. The summed E-state index contributed by atoms with van der Waals surface area (Å²) in [5.41, 5.74) is 2.88. The minimum atomic E-state index is 0.585. The largest absolute Gasteiger partial charge is 0.379 e. The van der Waals surface area contributed by atoms with Crippen LogP contribution in [0, 0.1) is 6.92 Å². The van der Waals surface area contributed by atoms with E-state index in [1.54, 1.807) is 6.20 Å². The van der Waals surface area contributed by atoms with Gasteiger partial charge in [-0.25, -0.2) is 0 Å². The van der Waals surface area contributed by atoms with Gasteiger partial charge in [0.1, 0.15) is 5.69 Å². The quantitative estimate of drug-likeness (QED) is 0.559. The molecule has 0 spiro atoms. The molecule has 24 heavy (non-hydrogen) atoms. The number of ether oxygens (including phenoxy) is 3. The highest BCUT2D eigenvalue weighted by molar-refractivity contribution is 5.53. The summed E-state index contributed by atoms with van der Waals surface area (Å²) in [7, 11) is 0. The Morgan fingerprint density at radius 1 is 0.917 bits per heavy atom. The maximum atomic E-state index is 5.59. The number of aryl methyl sites for hydroxylation is 1. The van der Waals surface area contributed by atoms with Crippen LogP contribution in [0.4, 0.5) is 0 Å². The molecule has 2 aromatic rings. The van der Waals surface area contributed by atoms with Gasteiger partial charge in [0.25, 0.3) is 0 Å². The molecule has 2 heterocycles. The van der Waals surface area contributed by atoms with Crippen LogP contribution in [0.25, 0.3) is 11.4 Å². The molecular formula is C18H27N3O3. The van der Waals surface area contributed by atoms with Crippen LogP contribution < -0.4 is 0 Å². The zero-order valence-electron chi connectivity index (χ0n) is 14.6. The standard InChI is InChI=1S/C18H27N3O3/c1-3-9-22-11-13-24-14-12-23-10-8-21-16(2)15-18(20-21)17-6-4-5-7-19-17/h4-7,15H,3,8-14H2,1-2H3. The monoisotopic (exact) mass is 333 g/mol. The van der Waals surface area contributed by atoms with E-state index in [0.29, 0.717) is 33.0 Å². The third-order valence-electron chi connectivity index (χ3n) is 3.45. The summed E-state index contributed by atoms with van der Waals surface area (Å²) < 4.78 is 18.3. The van der Waals surface area contributed by atoms with E-state index in [1.807, 2.05) is 35.9 Å². The summed E-state index contributed by atoms with van der Waals surface area (Å²) in [5, 5.41) is 4.58. The highest BCUT2D eigenvalue weighted by atomic mass is 16.5. The molecule has 0 aromatic carbocycles. The van der Waals surface area contributed by atoms with Gasteiger partial charge in [0.05, 0.1) is 45.3 Å². The molecule has 0 saturated carbocycles. The van der Waals surface area contributed by atoms with Crippen LogP contribution in [0.15, 0.2) is 30.5 Å². The van der Waals surface area contributed by atoms with Crippen molar-refractivity contribution < 1.29 is 14.2 Å². The molecule has 132 valence electrons. The summed E-state index contributed by atoms with van der Waals surface area (Å²) in [6, 6.07) is 7.87. The van der Waals surface area contributed by atoms with Gasteiger partial charge in [0.15, 0.2) is 0 Å². The second-order valence-electron chi connectivity index (χ2n) is 5.45. The van der Waals surface area contributed by atoms with E-state index in [1.165, 1.54) is 0 Å². The molecule has 0 aliphatic heterocycles. The molecule has 2 rings (SSSR count). The lowest BCUT2D eigenvalue weighted by Gasteiger charge is -2.07. The van der Waals surface area contributed by atoms with Gasteiger partial charge < -0.3 is 14.2 Å².